The molecule has 5 nitrogen and oxygen atoms in total. The highest BCUT2D eigenvalue weighted by Crippen LogP contribution is 2.19. The van der Waals surface area contributed by atoms with Crippen molar-refractivity contribution in [2.45, 2.75) is 25.7 Å². The number of nitrogens with zero attached hydrogens (tertiary/aromatic N) is 1. The molecule has 2 aliphatic rings. The number of benzene rings is 1. The summed E-state index contributed by atoms with van der Waals surface area (Å²) >= 11 is 0. The highest BCUT2D eigenvalue weighted by atomic mass is 16.5. The van der Waals surface area contributed by atoms with Crippen LogP contribution in [0.1, 0.15) is 25.7 Å². The van der Waals surface area contributed by atoms with Gasteiger partial charge >= 0.3 is 6.03 Å². The molecule has 2 aliphatic heterocycles. The van der Waals surface area contributed by atoms with Gasteiger partial charge in [-0.3, -0.25) is 0 Å². The third-order valence-corrected chi connectivity index (χ3v) is 5.09. The number of hydrogen-bond donors (Lipinski definition) is 2. The quantitative estimate of drug-likeness (QED) is 0.842. The van der Waals surface area contributed by atoms with Gasteiger partial charge in [-0.2, -0.15) is 0 Å². The van der Waals surface area contributed by atoms with Crippen molar-refractivity contribution in [1.82, 2.24) is 15.5 Å². The maximum atomic E-state index is 12.3. The Morgan fingerprint density at radius 3 is 2.75 bits per heavy atom. The molecule has 24 heavy (non-hydrogen) atoms. The number of para-hydroxylation sites is 1. The Balaban J connectivity index is 1.32. The number of piperidine rings is 1. The van der Waals surface area contributed by atoms with Gasteiger partial charge in [-0.05, 0) is 56.8 Å². The van der Waals surface area contributed by atoms with Gasteiger partial charge in [0.05, 0.1) is 6.61 Å². The second kappa shape index (κ2) is 8.92. The van der Waals surface area contributed by atoms with E-state index in [0.29, 0.717) is 12.5 Å². The van der Waals surface area contributed by atoms with E-state index in [1.165, 1.54) is 12.8 Å². The van der Waals surface area contributed by atoms with Gasteiger partial charge in [0.2, 0.25) is 0 Å². The van der Waals surface area contributed by atoms with Crippen LogP contribution in [-0.2, 0) is 0 Å². The lowest BCUT2D eigenvalue weighted by Crippen LogP contribution is -2.40. The molecule has 2 amide bonds. The van der Waals surface area contributed by atoms with E-state index < -0.39 is 0 Å². The maximum absolute atomic E-state index is 12.3. The Bertz CT molecular complexity index is 503. The lowest BCUT2D eigenvalue weighted by atomic mass is 9.95. The zero-order valence-corrected chi connectivity index (χ0v) is 14.4. The molecule has 0 radical (unpaired) electrons. The first-order chi connectivity index (χ1) is 11.8. The minimum absolute atomic E-state index is 0.0890. The zero-order chi connectivity index (χ0) is 16.6. The molecule has 1 atom stereocenters. The fraction of sp³-hybridized carbons (Fsp3) is 0.632. The molecule has 3 rings (SSSR count). The van der Waals surface area contributed by atoms with E-state index in [-0.39, 0.29) is 6.03 Å². The maximum Gasteiger partial charge on any atom is 0.317 e. The first-order valence-electron chi connectivity index (χ1n) is 9.22. The summed E-state index contributed by atoms with van der Waals surface area (Å²) in [6.45, 7) is 5.35. The molecule has 2 heterocycles. The van der Waals surface area contributed by atoms with Crippen molar-refractivity contribution in [3.05, 3.63) is 30.3 Å². The summed E-state index contributed by atoms with van der Waals surface area (Å²) in [5, 5.41) is 6.47. The van der Waals surface area contributed by atoms with E-state index in [1.54, 1.807) is 0 Å². The summed E-state index contributed by atoms with van der Waals surface area (Å²) in [4.78, 5) is 14.2. The van der Waals surface area contributed by atoms with E-state index in [4.69, 9.17) is 4.74 Å². The molecule has 132 valence electrons. The third kappa shape index (κ3) is 5.13. The molecule has 1 unspecified atom stereocenters. The van der Waals surface area contributed by atoms with Gasteiger partial charge < -0.3 is 20.3 Å². The minimum Gasteiger partial charge on any atom is -0.493 e. The number of carbonyl (C=O) groups excluding carboxylic acids is 1. The van der Waals surface area contributed by atoms with Crippen molar-refractivity contribution in [3.63, 3.8) is 0 Å². The molecule has 0 aromatic heterocycles. The number of nitrogens with one attached hydrogen (secondary N) is 2. The standard InChI is InChI=1S/C19H29N3O2/c23-19(21-12-8-16-6-10-20-11-7-16)22-13-9-17(14-22)15-24-18-4-2-1-3-5-18/h1-5,16-17,20H,6-15H2,(H,21,23). The Kier molecular flexibility index (Phi) is 6.35. The second-order valence-electron chi connectivity index (χ2n) is 6.94. The van der Waals surface area contributed by atoms with Crippen molar-refractivity contribution in [1.29, 1.82) is 0 Å². The Labute approximate surface area is 144 Å². The van der Waals surface area contributed by atoms with E-state index in [0.717, 1.165) is 57.2 Å². The molecule has 0 spiro atoms. The van der Waals surface area contributed by atoms with Crippen LogP contribution in [-0.4, -0.2) is 50.3 Å². The number of rotatable bonds is 6. The zero-order valence-electron chi connectivity index (χ0n) is 14.4. The molecular formula is C19H29N3O2. The Hall–Kier alpha value is -1.75. The number of hydrogen-bond acceptors (Lipinski definition) is 3. The summed E-state index contributed by atoms with van der Waals surface area (Å²) in [6, 6.07) is 9.97. The van der Waals surface area contributed by atoms with Crippen molar-refractivity contribution >= 4 is 6.03 Å². The van der Waals surface area contributed by atoms with Crippen molar-refractivity contribution in [2.75, 3.05) is 39.3 Å². The summed E-state index contributed by atoms with van der Waals surface area (Å²) in [7, 11) is 0. The molecule has 2 N–H and O–H groups in total. The smallest absolute Gasteiger partial charge is 0.317 e. The first kappa shape index (κ1) is 17.1. The topological polar surface area (TPSA) is 53.6 Å². The lowest BCUT2D eigenvalue weighted by molar-refractivity contribution is 0.200. The van der Waals surface area contributed by atoms with E-state index in [9.17, 15) is 4.79 Å². The van der Waals surface area contributed by atoms with Crippen LogP contribution >= 0.6 is 0 Å². The van der Waals surface area contributed by atoms with Crippen molar-refractivity contribution in [2.24, 2.45) is 11.8 Å². The lowest BCUT2D eigenvalue weighted by Gasteiger charge is -2.23. The van der Waals surface area contributed by atoms with Crippen LogP contribution in [0.25, 0.3) is 0 Å². The molecule has 0 aliphatic carbocycles. The van der Waals surface area contributed by atoms with Crippen molar-refractivity contribution in [3.8, 4) is 5.75 Å². The average molecular weight is 331 g/mol. The number of likely N-dealkylation sites (tertiary alicyclic amines) is 1. The highest BCUT2D eigenvalue weighted by Gasteiger charge is 2.26. The van der Waals surface area contributed by atoms with Gasteiger partial charge in [0.15, 0.2) is 0 Å². The normalized spacial score (nSPS) is 21.7. The van der Waals surface area contributed by atoms with Gasteiger partial charge in [0.1, 0.15) is 5.75 Å². The third-order valence-electron chi connectivity index (χ3n) is 5.09. The van der Waals surface area contributed by atoms with E-state index in [1.807, 2.05) is 35.2 Å². The average Bonchev–Trinajstić information content (AvgIpc) is 3.11. The number of ether oxygens (including phenoxy) is 1. The van der Waals surface area contributed by atoms with Gasteiger partial charge in [0, 0.05) is 25.6 Å². The fourth-order valence-electron chi connectivity index (χ4n) is 3.55. The Morgan fingerprint density at radius 2 is 1.96 bits per heavy atom. The molecular weight excluding hydrogens is 302 g/mol. The predicted molar refractivity (Wildman–Crippen MR) is 95.2 cm³/mol. The van der Waals surface area contributed by atoms with Crippen LogP contribution in [0.15, 0.2) is 30.3 Å². The summed E-state index contributed by atoms with van der Waals surface area (Å²) < 4.78 is 5.81. The molecule has 2 saturated heterocycles. The number of amides is 2. The van der Waals surface area contributed by atoms with Gasteiger partial charge in [0.25, 0.3) is 0 Å². The van der Waals surface area contributed by atoms with Crippen molar-refractivity contribution < 1.29 is 9.53 Å². The van der Waals surface area contributed by atoms with Gasteiger partial charge in [-0.15, -0.1) is 0 Å². The predicted octanol–water partition coefficient (Wildman–Crippen LogP) is 2.49. The summed E-state index contributed by atoms with van der Waals surface area (Å²) in [5.41, 5.74) is 0. The van der Waals surface area contributed by atoms with Crippen LogP contribution < -0.4 is 15.4 Å². The Morgan fingerprint density at radius 1 is 1.17 bits per heavy atom. The monoisotopic (exact) mass is 331 g/mol. The van der Waals surface area contributed by atoms with Gasteiger partial charge in [-0.1, -0.05) is 18.2 Å². The SMILES string of the molecule is O=C(NCCC1CCNCC1)N1CCC(COc2ccccc2)C1. The second-order valence-corrected chi connectivity index (χ2v) is 6.94. The molecule has 0 bridgehead atoms. The number of urea groups is 1. The summed E-state index contributed by atoms with van der Waals surface area (Å²) in [6.07, 6.45) is 4.59. The highest BCUT2D eigenvalue weighted by molar-refractivity contribution is 5.74. The van der Waals surface area contributed by atoms with E-state index >= 15 is 0 Å². The molecule has 1 aromatic rings. The minimum atomic E-state index is 0.0890. The van der Waals surface area contributed by atoms with Crippen LogP contribution in [0.4, 0.5) is 4.79 Å². The number of carbonyl (C=O) groups is 1. The van der Waals surface area contributed by atoms with Crippen LogP contribution in [0.2, 0.25) is 0 Å². The van der Waals surface area contributed by atoms with Gasteiger partial charge in [-0.25, -0.2) is 4.79 Å². The van der Waals surface area contributed by atoms with Crippen LogP contribution in [0.5, 0.6) is 5.75 Å². The fourth-order valence-corrected chi connectivity index (χ4v) is 3.55. The van der Waals surface area contributed by atoms with E-state index in [2.05, 4.69) is 10.6 Å². The van der Waals surface area contributed by atoms with Crippen LogP contribution in [0, 0.1) is 11.8 Å². The largest absolute Gasteiger partial charge is 0.493 e. The first-order valence-corrected chi connectivity index (χ1v) is 9.22. The molecule has 5 heteroatoms. The summed E-state index contributed by atoms with van der Waals surface area (Å²) in [5.74, 6) is 2.10. The molecule has 0 saturated carbocycles. The molecule has 2 fully saturated rings. The molecule has 1 aromatic carbocycles. The van der Waals surface area contributed by atoms with Crippen LogP contribution in [0.3, 0.4) is 0 Å².